The van der Waals surface area contributed by atoms with Crippen LogP contribution in [0.4, 0.5) is 17.6 Å². The van der Waals surface area contributed by atoms with E-state index in [0.717, 1.165) is 24.3 Å². The summed E-state index contributed by atoms with van der Waals surface area (Å²) in [5.74, 6) is -3.60. The molecule has 0 saturated heterocycles. The van der Waals surface area contributed by atoms with E-state index in [9.17, 15) is 13.6 Å². The minimum atomic E-state index is -0.809. The first-order chi connectivity index (χ1) is 21.2. The summed E-state index contributed by atoms with van der Waals surface area (Å²) in [5.41, 5.74) is 0.167. The molecule has 0 amide bonds. The molecule has 0 saturated carbocycles. The zero-order valence-electron chi connectivity index (χ0n) is 23.4. The monoisotopic (exact) mass is 605 g/mol. The smallest absolute Gasteiger partial charge is 0.338 e. The number of carbonyl (C=O) groups is 1. The van der Waals surface area contributed by atoms with Crippen molar-refractivity contribution >= 4 is 17.0 Å². The Morgan fingerprint density at radius 2 is 1.75 bits per heavy atom. The number of hydrogen-bond acceptors (Lipinski definition) is 8. The summed E-state index contributed by atoms with van der Waals surface area (Å²) in [7, 11) is 1.17. The molecule has 3 aromatic carbocycles. The maximum atomic E-state index is 15.4. The third-order valence-corrected chi connectivity index (χ3v) is 6.67. The van der Waals surface area contributed by atoms with Gasteiger partial charge in [0.15, 0.2) is 5.82 Å². The highest BCUT2D eigenvalue weighted by Crippen LogP contribution is 2.28. The summed E-state index contributed by atoms with van der Waals surface area (Å²) in [4.78, 5) is 24.4. The minimum absolute atomic E-state index is 0.0132. The molecule has 0 spiro atoms. The Kier molecular flexibility index (Phi) is 8.82. The van der Waals surface area contributed by atoms with E-state index < -0.39 is 29.2 Å². The first-order valence-corrected chi connectivity index (χ1v) is 13.2. The van der Waals surface area contributed by atoms with Crippen LogP contribution in [0.3, 0.4) is 0 Å². The molecule has 0 aliphatic carbocycles. The summed E-state index contributed by atoms with van der Waals surface area (Å²) in [6.45, 7) is 1.72. The molecular formula is C31H23F4N5O4. The Morgan fingerprint density at radius 1 is 0.955 bits per heavy atom. The van der Waals surface area contributed by atoms with E-state index in [2.05, 4.69) is 15.0 Å². The number of ether oxygens (including phenoxy) is 3. The maximum Gasteiger partial charge on any atom is 0.338 e. The maximum absolute atomic E-state index is 15.4. The second kappa shape index (κ2) is 12.9. The van der Waals surface area contributed by atoms with Crippen LogP contribution in [0.1, 0.15) is 39.8 Å². The molecule has 0 unspecified atom stereocenters. The first kappa shape index (κ1) is 30.1. The zero-order chi connectivity index (χ0) is 31.4. The number of methoxy groups -OCH3 is 1. The lowest BCUT2D eigenvalue weighted by Crippen LogP contribution is -2.09. The molecule has 0 atom stereocenters. The van der Waals surface area contributed by atoms with E-state index in [0.29, 0.717) is 6.61 Å². The number of rotatable bonds is 10. The van der Waals surface area contributed by atoms with Gasteiger partial charge in [-0.25, -0.2) is 32.3 Å². The number of fused-ring (bicyclic) bond motifs is 1. The third kappa shape index (κ3) is 6.20. The third-order valence-electron chi connectivity index (χ3n) is 6.67. The molecule has 5 rings (SSSR count). The van der Waals surface area contributed by atoms with Gasteiger partial charge in [-0.15, -0.1) is 0 Å². The second-order valence-electron chi connectivity index (χ2n) is 9.43. The van der Waals surface area contributed by atoms with Crippen molar-refractivity contribution in [2.24, 2.45) is 0 Å². The molecule has 0 bridgehead atoms. The van der Waals surface area contributed by atoms with Gasteiger partial charge >= 0.3 is 12.0 Å². The molecule has 0 fully saturated rings. The number of benzene rings is 3. The van der Waals surface area contributed by atoms with Crippen molar-refractivity contribution in [3.05, 3.63) is 106 Å². The largest absolute Gasteiger partial charge is 0.465 e. The topological polar surface area (TPSA) is 112 Å². The normalized spacial score (nSPS) is 11.0. The highest BCUT2D eigenvalue weighted by Gasteiger charge is 2.21. The van der Waals surface area contributed by atoms with E-state index in [1.807, 2.05) is 6.07 Å². The average molecular weight is 606 g/mol. The van der Waals surface area contributed by atoms with E-state index >= 15 is 8.78 Å². The summed E-state index contributed by atoms with van der Waals surface area (Å²) < 4.78 is 77.0. The van der Waals surface area contributed by atoms with E-state index in [4.69, 9.17) is 19.5 Å². The molecule has 0 N–H and O–H groups in total. The van der Waals surface area contributed by atoms with Gasteiger partial charge in [0.1, 0.15) is 42.1 Å². The lowest BCUT2D eigenvalue weighted by molar-refractivity contribution is 0.0600. The fraction of sp³-hybridized carbons (Fsp3) is 0.194. The van der Waals surface area contributed by atoms with E-state index in [1.165, 1.54) is 42.1 Å². The van der Waals surface area contributed by atoms with Crippen molar-refractivity contribution in [3.8, 4) is 23.3 Å². The van der Waals surface area contributed by atoms with Crippen LogP contribution in [0.15, 0.2) is 54.7 Å². The summed E-state index contributed by atoms with van der Waals surface area (Å²) in [6.07, 6.45) is 1.05. The van der Waals surface area contributed by atoms with Gasteiger partial charge in [-0.2, -0.15) is 10.2 Å². The predicted molar refractivity (Wildman–Crippen MR) is 148 cm³/mol. The summed E-state index contributed by atoms with van der Waals surface area (Å²) >= 11 is 0. The highest BCUT2D eigenvalue weighted by molar-refractivity contribution is 5.94. The van der Waals surface area contributed by atoms with Gasteiger partial charge < -0.3 is 18.8 Å². The Morgan fingerprint density at radius 3 is 2.48 bits per heavy atom. The lowest BCUT2D eigenvalue weighted by atomic mass is 10.0. The second-order valence-corrected chi connectivity index (χ2v) is 9.43. The first-order valence-electron chi connectivity index (χ1n) is 13.2. The van der Waals surface area contributed by atoms with E-state index in [1.54, 1.807) is 6.92 Å². The summed E-state index contributed by atoms with van der Waals surface area (Å²) in [6, 6.07) is 11.2. The fourth-order valence-corrected chi connectivity index (χ4v) is 4.45. The zero-order valence-corrected chi connectivity index (χ0v) is 23.4. The lowest BCUT2D eigenvalue weighted by Gasteiger charge is -2.12. The minimum Gasteiger partial charge on any atom is -0.465 e. The van der Waals surface area contributed by atoms with Crippen molar-refractivity contribution < 1.29 is 36.6 Å². The van der Waals surface area contributed by atoms with E-state index in [-0.39, 0.29) is 76.1 Å². The Labute approximate surface area is 248 Å². The number of nitriles is 1. The van der Waals surface area contributed by atoms with Crippen molar-refractivity contribution in [1.82, 2.24) is 19.5 Å². The van der Waals surface area contributed by atoms with Gasteiger partial charge in [-0.05, 0) is 55.0 Å². The summed E-state index contributed by atoms with van der Waals surface area (Å²) in [5, 5.41) is 8.89. The fourth-order valence-electron chi connectivity index (χ4n) is 4.45. The predicted octanol–water partition coefficient (Wildman–Crippen LogP) is 5.87. The number of imidazole rings is 1. The number of nitrogens with zero attached hydrogens (tertiary/aromatic N) is 5. The number of halogens is 4. The Balaban J connectivity index is 1.43. The quantitative estimate of drug-likeness (QED) is 0.144. The highest BCUT2D eigenvalue weighted by atomic mass is 19.1. The molecule has 5 aromatic rings. The molecule has 0 radical (unpaired) electrons. The van der Waals surface area contributed by atoms with Crippen molar-refractivity contribution in [2.75, 3.05) is 13.7 Å². The van der Waals surface area contributed by atoms with Gasteiger partial charge in [0.2, 0.25) is 0 Å². The molecule has 9 nitrogen and oxygen atoms in total. The molecule has 2 aromatic heterocycles. The number of carbonyl (C=O) groups excluding carboxylic acids is 1. The van der Waals surface area contributed by atoms with Crippen LogP contribution in [0.2, 0.25) is 0 Å². The van der Waals surface area contributed by atoms with Crippen LogP contribution in [0.5, 0.6) is 6.01 Å². The van der Waals surface area contributed by atoms with Crippen molar-refractivity contribution in [1.29, 1.82) is 5.26 Å². The van der Waals surface area contributed by atoms with Gasteiger partial charge in [0.05, 0.1) is 35.5 Å². The molecule has 13 heteroatoms. The van der Waals surface area contributed by atoms with Crippen LogP contribution in [-0.2, 0) is 29.2 Å². The van der Waals surface area contributed by atoms with Gasteiger partial charge in [0.25, 0.3) is 0 Å². The van der Waals surface area contributed by atoms with Crippen LogP contribution in [0, 0.1) is 34.6 Å². The number of hydrogen-bond donors (Lipinski definition) is 0. The standard InChI is InChI=1S/C31H23F4N5O4/c1-3-43-16-40-27-11-20(30(41)42-2)10-25(35)29(27)39-28(40)12-19-9-24(34)21(13-23(19)33)26-6-7-37-31(38-26)44-15-18-5-4-17(14-36)8-22(18)32/h4-11,13H,3,12,15-16H2,1-2H3. The molecule has 0 aliphatic rings. The van der Waals surface area contributed by atoms with Crippen molar-refractivity contribution in [3.63, 3.8) is 0 Å². The molecule has 0 aliphatic heterocycles. The average Bonchev–Trinajstić information content (AvgIpc) is 3.37. The van der Waals surface area contributed by atoms with Crippen LogP contribution >= 0.6 is 0 Å². The number of esters is 1. The Hall–Kier alpha value is -5.35. The molecule has 2 heterocycles. The van der Waals surface area contributed by atoms with Crippen LogP contribution < -0.4 is 4.74 Å². The van der Waals surface area contributed by atoms with Crippen LogP contribution in [0.25, 0.3) is 22.3 Å². The van der Waals surface area contributed by atoms with Gasteiger partial charge in [-0.1, -0.05) is 6.07 Å². The van der Waals surface area contributed by atoms with Crippen LogP contribution in [-0.4, -0.2) is 39.2 Å². The van der Waals surface area contributed by atoms with Gasteiger partial charge in [0, 0.05) is 30.4 Å². The number of aromatic nitrogens is 4. The molecule has 224 valence electrons. The van der Waals surface area contributed by atoms with Crippen molar-refractivity contribution in [2.45, 2.75) is 26.7 Å². The molecular weight excluding hydrogens is 582 g/mol. The Bertz CT molecular complexity index is 1920. The SMILES string of the molecule is CCOCn1c(Cc2cc(F)c(-c3ccnc(OCc4ccc(C#N)cc4F)n3)cc2F)nc2c(F)cc(C(=O)OC)cc21. The van der Waals surface area contributed by atoms with Gasteiger partial charge in [-0.3, -0.25) is 0 Å². The molecule has 44 heavy (non-hydrogen) atoms.